The first-order valence-corrected chi connectivity index (χ1v) is 6.45. The maximum absolute atomic E-state index is 11.0. The number of rotatable bonds is 5. The monoisotopic (exact) mass is 297 g/mol. The zero-order valence-electron chi connectivity index (χ0n) is 12.0. The first-order valence-electron chi connectivity index (χ1n) is 6.45. The van der Waals surface area contributed by atoms with Crippen LogP contribution in [0.15, 0.2) is 59.3 Å². The second-order valence-corrected chi connectivity index (χ2v) is 4.53. The molecule has 22 heavy (non-hydrogen) atoms. The molecule has 1 aromatic carbocycles. The second-order valence-electron chi connectivity index (χ2n) is 4.53. The number of allylic oxidation sites excluding steroid dienone is 4. The summed E-state index contributed by atoms with van der Waals surface area (Å²) >= 11 is 0. The number of aromatic nitrogens is 2. The van der Waals surface area contributed by atoms with Crippen molar-refractivity contribution >= 4 is 11.5 Å². The van der Waals surface area contributed by atoms with Crippen LogP contribution in [0.3, 0.4) is 0 Å². The van der Waals surface area contributed by atoms with Crippen LogP contribution in [0.5, 0.6) is 0 Å². The molecule has 3 N–H and O–H groups in total. The van der Waals surface area contributed by atoms with Gasteiger partial charge in [-0.25, -0.2) is 4.79 Å². The summed E-state index contributed by atoms with van der Waals surface area (Å²) < 4.78 is 5.17. The molecule has 2 rings (SSSR count). The van der Waals surface area contributed by atoms with Gasteiger partial charge in [-0.05, 0) is 31.2 Å². The highest BCUT2D eigenvalue weighted by molar-refractivity contribution is 5.89. The molecule has 0 spiro atoms. The van der Waals surface area contributed by atoms with Gasteiger partial charge in [-0.3, -0.25) is 0 Å². The molecule has 0 radical (unpaired) electrons. The predicted octanol–water partition coefficient (Wildman–Crippen LogP) is 2.87. The Kier molecular flexibility index (Phi) is 4.53. The van der Waals surface area contributed by atoms with Gasteiger partial charge in [0.25, 0.3) is 5.89 Å². The topological polar surface area (TPSA) is 102 Å². The minimum absolute atomic E-state index is 0.165. The Hall–Kier alpha value is -3.15. The lowest BCUT2D eigenvalue weighted by Gasteiger charge is -1.96. The molecule has 1 aromatic heterocycles. The summed E-state index contributed by atoms with van der Waals surface area (Å²) in [5.74, 6) is -0.345. The molecule has 112 valence electrons. The van der Waals surface area contributed by atoms with Crippen molar-refractivity contribution in [2.45, 2.75) is 6.92 Å². The van der Waals surface area contributed by atoms with Crippen LogP contribution in [0.4, 0.5) is 0 Å². The van der Waals surface area contributed by atoms with Crippen LogP contribution in [0.1, 0.15) is 23.2 Å². The molecular weight excluding hydrogens is 282 g/mol. The number of carboxylic acid groups (broad SMARTS) is 1. The lowest BCUT2D eigenvalue weighted by atomic mass is 10.1. The summed E-state index contributed by atoms with van der Waals surface area (Å²) in [5.41, 5.74) is 7.61. The predicted molar refractivity (Wildman–Crippen MR) is 82.8 cm³/mol. The molecule has 6 nitrogen and oxygen atoms in total. The largest absolute Gasteiger partial charge is 0.478 e. The van der Waals surface area contributed by atoms with Crippen molar-refractivity contribution in [3.8, 4) is 11.4 Å². The Bertz CT molecular complexity index is 772. The van der Waals surface area contributed by atoms with Crippen LogP contribution in [0, 0.1) is 0 Å². The van der Waals surface area contributed by atoms with E-state index in [2.05, 4.69) is 16.7 Å². The highest BCUT2D eigenvalue weighted by Gasteiger charge is 2.11. The molecule has 0 unspecified atom stereocenters. The van der Waals surface area contributed by atoms with E-state index in [9.17, 15) is 4.79 Å². The third-order valence-electron chi connectivity index (χ3n) is 2.89. The molecular formula is C16H15N3O3. The van der Waals surface area contributed by atoms with Crippen LogP contribution in [-0.4, -0.2) is 21.2 Å². The highest BCUT2D eigenvalue weighted by atomic mass is 16.5. The molecule has 0 bridgehead atoms. The average Bonchev–Trinajstić information content (AvgIpc) is 3.02. The molecule has 1 heterocycles. The van der Waals surface area contributed by atoms with Crippen LogP contribution < -0.4 is 5.73 Å². The third kappa shape index (κ3) is 3.49. The van der Waals surface area contributed by atoms with E-state index in [-0.39, 0.29) is 5.56 Å². The van der Waals surface area contributed by atoms with Gasteiger partial charge in [-0.1, -0.05) is 29.9 Å². The molecule has 0 aliphatic carbocycles. The van der Waals surface area contributed by atoms with E-state index in [0.29, 0.717) is 23.0 Å². The summed E-state index contributed by atoms with van der Waals surface area (Å²) in [6.07, 6.45) is 4.94. The SMILES string of the molecule is C=C/C(N)=C\C=C(/C)c1nc(-c2cccc(C(=O)O)c2)no1. The number of hydrogen-bond donors (Lipinski definition) is 2. The number of benzene rings is 1. The van der Waals surface area contributed by atoms with E-state index < -0.39 is 5.97 Å². The van der Waals surface area contributed by atoms with Gasteiger partial charge in [0, 0.05) is 16.8 Å². The van der Waals surface area contributed by atoms with Crippen molar-refractivity contribution in [3.05, 3.63) is 66.2 Å². The summed E-state index contributed by atoms with van der Waals surface area (Å²) in [5, 5.41) is 12.9. The first-order chi connectivity index (χ1) is 10.5. The Morgan fingerprint density at radius 3 is 2.86 bits per heavy atom. The van der Waals surface area contributed by atoms with Crippen molar-refractivity contribution in [2.24, 2.45) is 5.73 Å². The lowest BCUT2D eigenvalue weighted by molar-refractivity contribution is 0.0697. The van der Waals surface area contributed by atoms with Gasteiger partial charge in [-0.15, -0.1) is 0 Å². The molecule has 0 aliphatic heterocycles. The Balaban J connectivity index is 2.30. The summed E-state index contributed by atoms with van der Waals surface area (Å²) in [6.45, 7) is 5.36. The van der Waals surface area contributed by atoms with Crippen molar-refractivity contribution in [3.63, 3.8) is 0 Å². The normalized spacial score (nSPS) is 12.2. The van der Waals surface area contributed by atoms with Gasteiger partial charge >= 0.3 is 5.97 Å². The fraction of sp³-hybridized carbons (Fsp3) is 0.0625. The van der Waals surface area contributed by atoms with E-state index in [1.54, 1.807) is 31.2 Å². The molecule has 2 aromatic rings. The number of carboxylic acids is 1. The smallest absolute Gasteiger partial charge is 0.335 e. The number of aromatic carboxylic acids is 1. The van der Waals surface area contributed by atoms with Crippen LogP contribution in [-0.2, 0) is 0 Å². The number of hydrogen-bond acceptors (Lipinski definition) is 5. The fourth-order valence-electron chi connectivity index (χ4n) is 1.65. The van der Waals surface area contributed by atoms with E-state index in [1.165, 1.54) is 18.2 Å². The minimum Gasteiger partial charge on any atom is -0.478 e. The second kappa shape index (κ2) is 6.53. The van der Waals surface area contributed by atoms with Crippen molar-refractivity contribution in [1.29, 1.82) is 0 Å². The standard InChI is InChI=1S/C16H15N3O3/c1-3-13(17)8-7-10(2)15-18-14(19-22-15)11-5-4-6-12(9-11)16(20)21/h3-9H,1,17H2,2H3,(H,20,21)/b10-7+,13-8+. The number of nitrogens with zero attached hydrogens (tertiary/aromatic N) is 2. The van der Waals surface area contributed by atoms with Crippen LogP contribution in [0.2, 0.25) is 0 Å². The van der Waals surface area contributed by atoms with Crippen LogP contribution in [0.25, 0.3) is 17.0 Å². The molecule has 0 atom stereocenters. The summed E-state index contributed by atoms with van der Waals surface area (Å²) in [7, 11) is 0. The van der Waals surface area contributed by atoms with E-state index >= 15 is 0 Å². The zero-order valence-corrected chi connectivity index (χ0v) is 12.0. The van der Waals surface area contributed by atoms with Gasteiger partial charge < -0.3 is 15.4 Å². The third-order valence-corrected chi connectivity index (χ3v) is 2.89. The van der Waals surface area contributed by atoms with Gasteiger partial charge in [0.2, 0.25) is 5.82 Å². The first kappa shape index (κ1) is 15.2. The maximum Gasteiger partial charge on any atom is 0.335 e. The molecule has 0 saturated heterocycles. The van der Waals surface area contributed by atoms with E-state index in [4.69, 9.17) is 15.4 Å². The molecule has 0 aliphatic rings. The quantitative estimate of drug-likeness (QED) is 0.823. The van der Waals surface area contributed by atoms with Crippen molar-refractivity contribution in [1.82, 2.24) is 10.1 Å². The Labute approximate surface area is 127 Å². The molecule has 0 saturated carbocycles. The van der Waals surface area contributed by atoms with Gasteiger partial charge in [0.15, 0.2) is 0 Å². The minimum atomic E-state index is -1.01. The number of carbonyl (C=O) groups is 1. The van der Waals surface area contributed by atoms with Gasteiger partial charge in [-0.2, -0.15) is 4.98 Å². The number of nitrogens with two attached hydrogens (primary N) is 1. The lowest BCUT2D eigenvalue weighted by Crippen LogP contribution is -1.96. The van der Waals surface area contributed by atoms with E-state index in [1.807, 2.05) is 0 Å². The van der Waals surface area contributed by atoms with Crippen molar-refractivity contribution < 1.29 is 14.4 Å². The van der Waals surface area contributed by atoms with Gasteiger partial charge in [0.1, 0.15) is 0 Å². The molecule has 0 amide bonds. The summed E-state index contributed by atoms with van der Waals surface area (Å²) in [4.78, 5) is 15.2. The van der Waals surface area contributed by atoms with Crippen LogP contribution >= 0.6 is 0 Å². The van der Waals surface area contributed by atoms with E-state index in [0.717, 1.165) is 5.57 Å². The molecule has 6 heteroatoms. The maximum atomic E-state index is 11.0. The Morgan fingerprint density at radius 2 is 2.18 bits per heavy atom. The zero-order chi connectivity index (χ0) is 16.1. The Morgan fingerprint density at radius 1 is 1.41 bits per heavy atom. The average molecular weight is 297 g/mol. The highest BCUT2D eigenvalue weighted by Crippen LogP contribution is 2.20. The molecule has 0 fully saturated rings. The fourth-order valence-corrected chi connectivity index (χ4v) is 1.65. The summed E-state index contributed by atoms with van der Waals surface area (Å²) in [6, 6.07) is 6.34. The van der Waals surface area contributed by atoms with Gasteiger partial charge in [0.05, 0.1) is 5.56 Å². The van der Waals surface area contributed by atoms with Crippen molar-refractivity contribution in [2.75, 3.05) is 0 Å².